The van der Waals surface area contributed by atoms with E-state index < -0.39 is 11.6 Å². The summed E-state index contributed by atoms with van der Waals surface area (Å²) in [6.07, 6.45) is 0. The summed E-state index contributed by atoms with van der Waals surface area (Å²) in [5.74, 6) is -0.837. The fourth-order valence-corrected chi connectivity index (χ4v) is 1.66. The Morgan fingerprint density at radius 1 is 1.25 bits per heavy atom. The zero-order chi connectivity index (χ0) is 12.2. The van der Waals surface area contributed by atoms with Gasteiger partial charge in [0.25, 0.3) is 0 Å². The molecule has 0 saturated carbocycles. The fourth-order valence-electron chi connectivity index (χ4n) is 1.50. The van der Waals surface area contributed by atoms with Crippen LogP contribution in [-0.4, -0.2) is 18.8 Å². The Labute approximate surface area is 101 Å². The molecule has 1 aromatic rings. The maximum atomic E-state index is 13.1. The molecular formula is C12H17F2NS. The van der Waals surface area contributed by atoms with Gasteiger partial charge in [-0.05, 0) is 17.7 Å². The Bertz CT molecular complexity index is 353. The van der Waals surface area contributed by atoms with Crippen molar-refractivity contribution in [2.24, 2.45) is 0 Å². The zero-order valence-electron chi connectivity index (χ0n) is 9.56. The molecule has 16 heavy (non-hydrogen) atoms. The van der Waals surface area contributed by atoms with Crippen LogP contribution in [0, 0.1) is 11.6 Å². The Balaban J connectivity index is 2.76. The quantitative estimate of drug-likeness (QED) is 0.600. The summed E-state index contributed by atoms with van der Waals surface area (Å²) in [6.45, 7) is 5.49. The van der Waals surface area contributed by atoms with E-state index in [1.54, 1.807) is 6.07 Å². The maximum Gasteiger partial charge on any atom is 0.159 e. The first-order valence-electron chi connectivity index (χ1n) is 5.24. The highest BCUT2D eigenvalue weighted by molar-refractivity contribution is 7.80. The van der Waals surface area contributed by atoms with Crippen molar-refractivity contribution in [2.45, 2.75) is 19.3 Å². The Morgan fingerprint density at radius 3 is 2.50 bits per heavy atom. The monoisotopic (exact) mass is 245 g/mol. The first kappa shape index (κ1) is 13.5. The average Bonchev–Trinajstić information content (AvgIpc) is 2.22. The predicted molar refractivity (Wildman–Crippen MR) is 66.1 cm³/mol. The average molecular weight is 245 g/mol. The molecule has 1 N–H and O–H groups in total. The minimum absolute atomic E-state index is 0.225. The highest BCUT2D eigenvalue weighted by Crippen LogP contribution is 2.23. The predicted octanol–water partition coefficient (Wildman–Crippen LogP) is 2.76. The van der Waals surface area contributed by atoms with Gasteiger partial charge in [0, 0.05) is 24.3 Å². The van der Waals surface area contributed by atoms with Crippen molar-refractivity contribution in [1.82, 2.24) is 5.32 Å². The molecule has 0 saturated heterocycles. The van der Waals surface area contributed by atoms with E-state index in [1.165, 1.54) is 12.1 Å². The number of halogens is 2. The summed E-state index contributed by atoms with van der Waals surface area (Å²) < 4.78 is 25.9. The van der Waals surface area contributed by atoms with Gasteiger partial charge in [-0.1, -0.05) is 19.9 Å². The first-order chi connectivity index (χ1) is 7.47. The number of thiol groups is 1. The lowest BCUT2D eigenvalue weighted by molar-refractivity contribution is 0.464. The molecule has 0 bridgehead atoms. The van der Waals surface area contributed by atoms with Crippen LogP contribution in [0.25, 0.3) is 0 Å². The van der Waals surface area contributed by atoms with E-state index in [0.717, 1.165) is 17.9 Å². The third kappa shape index (κ3) is 3.46. The molecule has 1 aromatic carbocycles. The molecule has 0 aromatic heterocycles. The van der Waals surface area contributed by atoms with Crippen molar-refractivity contribution < 1.29 is 8.78 Å². The Kier molecular flexibility index (Phi) is 4.74. The van der Waals surface area contributed by atoms with E-state index in [4.69, 9.17) is 0 Å². The molecule has 0 unspecified atom stereocenters. The topological polar surface area (TPSA) is 12.0 Å². The number of benzene rings is 1. The van der Waals surface area contributed by atoms with Gasteiger partial charge in [0.2, 0.25) is 0 Å². The molecule has 0 aliphatic carbocycles. The van der Waals surface area contributed by atoms with Gasteiger partial charge in [-0.15, -0.1) is 0 Å². The molecule has 4 heteroatoms. The normalized spacial score (nSPS) is 11.8. The summed E-state index contributed by atoms with van der Waals surface area (Å²) in [7, 11) is 0. The SMILES string of the molecule is CC(C)(CNCCS)c1ccc(F)c(F)c1. The molecule has 0 heterocycles. The van der Waals surface area contributed by atoms with Gasteiger partial charge >= 0.3 is 0 Å². The van der Waals surface area contributed by atoms with E-state index in [0.29, 0.717) is 6.54 Å². The second-order valence-electron chi connectivity index (χ2n) is 4.41. The van der Waals surface area contributed by atoms with Crippen LogP contribution in [0.2, 0.25) is 0 Å². The summed E-state index contributed by atoms with van der Waals surface area (Å²) in [6, 6.07) is 4.06. The van der Waals surface area contributed by atoms with E-state index >= 15 is 0 Å². The second-order valence-corrected chi connectivity index (χ2v) is 4.86. The van der Waals surface area contributed by atoms with Crippen molar-refractivity contribution in [3.63, 3.8) is 0 Å². The standard InChI is InChI=1S/C12H17F2NS/c1-12(2,8-15-5-6-16)9-3-4-10(13)11(14)7-9/h3-4,7,15-16H,5-6,8H2,1-2H3. The smallest absolute Gasteiger partial charge is 0.159 e. The van der Waals surface area contributed by atoms with Crippen LogP contribution in [0.3, 0.4) is 0 Å². The third-order valence-corrected chi connectivity index (χ3v) is 2.78. The molecule has 0 amide bonds. The van der Waals surface area contributed by atoms with Crippen molar-refractivity contribution >= 4 is 12.6 Å². The van der Waals surface area contributed by atoms with Crippen LogP contribution in [0.15, 0.2) is 18.2 Å². The molecular weight excluding hydrogens is 228 g/mol. The summed E-state index contributed by atoms with van der Waals surface area (Å²) >= 11 is 4.10. The van der Waals surface area contributed by atoms with Gasteiger partial charge in [0.05, 0.1) is 0 Å². The van der Waals surface area contributed by atoms with E-state index in [-0.39, 0.29) is 5.41 Å². The van der Waals surface area contributed by atoms with Gasteiger partial charge in [-0.2, -0.15) is 12.6 Å². The molecule has 0 atom stereocenters. The van der Waals surface area contributed by atoms with Crippen LogP contribution in [0.4, 0.5) is 8.78 Å². The third-order valence-electron chi connectivity index (χ3n) is 2.56. The van der Waals surface area contributed by atoms with E-state index in [1.807, 2.05) is 13.8 Å². The van der Waals surface area contributed by atoms with Gasteiger partial charge in [0.15, 0.2) is 11.6 Å². The number of nitrogens with one attached hydrogen (secondary N) is 1. The molecule has 0 aliphatic rings. The lowest BCUT2D eigenvalue weighted by atomic mass is 9.84. The maximum absolute atomic E-state index is 13.1. The largest absolute Gasteiger partial charge is 0.315 e. The summed E-state index contributed by atoms with van der Waals surface area (Å²) in [5.41, 5.74) is 0.565. The summed E-state index contributed by atoms with van der Waals surface area (Å²) in [4.78, 5) is 0. The van der Waals surface area contributed by atoms with Crippen LogP contribution in [0.5, 0.6) is 0 Å². The zero-order valence-corrected chi connectivity index (χ0v) is 10.5. The van der Waals surface area contributed by atoms with Crippen LogP contribution >= 0.6 is 12.6 Å². The van der Waals surface area contributed by atoms with Gasteiger partial charge in [-0.25, -0.2) is 8.78 Å². The van der Waals surface area contributed by atoms with Crippen molar-refractivity contribution in [2.75, 3.05) is 18.8 Å². The van der Waals surface area contributed by atoms with Gasteiger partial charge < -0.3 is 5.32 Å². The van der Waals surface area contributed by atoms with Gasteiger partial charge in [-0.3, -0.25) is 0 Å². The van der Waals surface area contributed by atoms with Crippen molar-refractivity contribution in [3.05, 3.63) is 35.4 Å². The van der Waals surface area contributed by atoms with Crippen molar-refractivity contribution in [3.8, 4) is 0 Å². The summed E-state index contributed by atoms with van der Waals surface area (Å²) in [5, 5.41) is 3.22. The molecule has 90 valence electrons. The first-order valence-corrected chi connectivity index (χ1v) is 5.88. The number of hydrogen-bond acceptors (Lipinski definition) is 2. The Hall–Kier alpha value is -0.610. The van der Waals surface area contributed by atoms with Gasteiger partial charge in [0.1, 0.15) is 0 Å². The molecule has 1 rings (SSSR count). The minimum Gasteiger partial charge on any atom is -0.315 e. The minimum atomic E-state index is -0.803. The fraction of sp³-hybridized carbons (Fsp3) is 0.500. The van der Waals surface area contributed by atoms with E-state index in [2.05, 4.69) is 17.9 Å². The van der Waals surface area contributed by atoms with Crippen LogP contribution < -0.4 is 5.32 Å². The lowest BCUT2D eigenvalue weighted by Crippen LogP contribution is -2.34. The van der Waals surface area contributed by atoms with Crippen LogP contribution in [0.1, 0.15) is 19.4 Å². The molecule has 1 nitrogen and oxygen atoms in total. The highest BCUT2D eigenvalue weighted by atomic mass is 32.1. The lowest BCUT2D eigenvalue weighted by Gasteiger charge is -2.25. The number of hydrogen-bond donors (Lipinski definition) is 2. The highest BCUT2D eigenvalue weighted by Gasteiger charge is 2.21. The molecule has 0 radical (unpaired) electrons. The second kappa shape index (κ2) is 5.64. The molecule has 0 spiro atoms. The van der Waals surface area contributed by atoms with Crippen LogP contribution in [-0.2, 0) is 5.41 Å². The van der Waals surface area contributed by atoms with E-state index in [9.17, 15) is 8.78 Å². The van der Waals surface area contributed by atoms with Crippen molar-refractivity contribution in [1.29, 1.82) is 0 Å². The molecule has 0 fully saturated rings. The Morgan fingerprint density at radius 2 is 1.94 bits per heavy atom. The number of rotatable bonds is 5. The molecule has 0 aliphatic heterocycles.